The average Bonchev–Trinajstić information content (AvgIpc) is 3.21. The van der Waals surface area contributed by atoms with Gasteiger partial charge >= 0.3 is 19.8 Å². The third-order valence-electron chi connectivity index (χ3n) is 4.36. The number of anilines is 1. The molecular weight excluding hydrogens is 501 g/mol. The predicted octanol–water partition coefficient (Wildman–Crippen LogP) is -1.46. The van der Waals surface area contributed by atoms with E-state index in [-0.39, 0.29) is 41.6 Å². The molecule has 0 aliphatic carbocycles. The van der Waals surface area contributed by atoms with Gasteiger partial charge in [0.05, 0.1) is 19.4 Å². The maximum Gasteiger partial charge on any atom is 0.469 e. The Morgan fingerprint density at radius 2 is 1.74 bits per heavy atom. The van der Waals surface area contributed by atoms with E-state index in [1.54, 1.807) is 0 Å². The number of carboxylic acid groups (broad SMARTS) is 2. The zero-order valence-electron chi connectivity index (χ0n) is 18.2. The molecule has 1 aliphatic heterocycles. The van der Waals surface area contributed by atoms with Gasteiger partial charge in [0, 0.05) is 0 Å². The highest BCUT2D eigenvalue weighted by atomic mass is 31.2. The highest BCUT2D eigenvalue weighted by Gasteiger charge is 2.45. The van der Waals surface area contributed by atoms with Crippen LogP contribution in [0.4, 0.5) is 5.82 Å². The molecule has 3 rings (SSSR count). The highest BCUT2D eigenvalue weighted by Crippen LogP contribution is 2.39. The summed E-state index contributed by atoms with van der Waals surface area (Å²) >= 11 is 0. The number of aliphatic hydroxyl groups is 2. The number of ether oxygens (including phenoxy) is 1. The van der Waals surface area contributed by atoms with Crippen LogP contribution in [0.3, 0.4) is 0 Å². The molecule has 20 nitrogen and oxygen atoms in total. The molecule has 19 N–H and O–H groups in total. The molecule has 5 atom stereocenters. The second kappa shape index (κ2) is 13.3. The number of phosphoric acid groups is 1. The quantitative estimate of drug-likeness (QED) is 0.164. The largest absolute Gasteiger partial charge is 0.481 e. The Hall–Kier alpha value is -2.88. The number of hydrogen-bond donors (Lipinski definition) is 11. The summed E-state index contributed by atoms with van der Waals surface area (Å²) in [5, 5.41) is 40.9. The fourth-order valence-electron chi connectivity index (χ4n) is 2.95. The lowest BCUT2D eigenvalue weighted by Gasteiger charge is -2.17. The van der Waals surface area contributed by atoms with Crippen molar-refractivity contribution in [1.29, 1.82) is 0 Å². The second-order valence-electron chi connectivity index (χ2n) is 6.51. The van der Waals surface area contributed by atoms with Crippen LogP contribution in [0.2, 0.25) is 0 Å². The summed E-state index contributed by atoms with van der Waals surface area (Å²) in [5.41, 5.74) is 0.0733. The number of nitrogens with zero attached hydrogens (tertiary/aromatic N) is 4. The van der Waals surface area contributed by atoms with Crippen molar-refractivity contribution in [3.63, 3.8) is 0 Å². The molecule has 0 saturated carbocycles. The van der Waals surface area contributed by atoms with Gasteiger partial charge in [0.15, 0.2) is 23.2 Å². The van der Waals surface area contributed by atoms with Crippen molar-refractivity contribution in [3.8, 4) is 0 Å². The van der Waals surface area contributed by atoms with E-state index in [1.807, 2.05) is 0 Å². The molecule has 1 fully saturated rings. The van der Waals surface area contributed by atoms with Crippen LogP contribution < -0.4 is 29.9 Å². The Morgan fingerprint density at radius 1 is 1.11 bits per heavy atom. The number of aromatic nitrogens is 4. The normalized spacial score (nSPS) is 22.1. The molecule has 0 bridgehead atoms. The van der Waals surface area contributed by atoms with Gasteiger partial charge in [-0.2, -0.15) is 0 Å². The van der Waals surface area contributed by atoms with Gasteiger partial charge in [-0.1, -0.05) is 0 Å². The number of carbonyl (C=O) groups is 2. The Morgan fingerprint density at radius 3 is 2.29 bits per heavy atom. The van der Waals surface area contributed by atoms with E-state index in [2.05, 4.69) is 24.8 Å². The molecule has 2 aromatic rings. The monoisotopic (exact) mass is 531 g/mol. The van der Waals surface area contributed by atoms with Crippen molar-refractivity contribution in [2.24, 2.45) is 0 Å². The van der Waals surface area contributed by atoms with E-state index in [0.717, 1.165) is 12.7 Å². The van der Waals surface area contributed by atoms with Crippen molar-refractivity contribution in [3.05, 3.63) is 12.7 Å². The summed E-state index contributed by atoms with van der Waals surface area (Å²) in [6.45, 7) is -0.705. The first-order valence-electron chi connectivity index (χ1n) is 8.58. The van der Waals surface area contributed by atoms with E-state index in [0.29, 0.717) is 0 Å². The number of carboxylic acids is 2. The molecule has 3 heterocycles. The van der Waals surface area contributed by atoms with Gasteiger partial charge in [-0.25, -0.2) is 24.3 Å². The lowest BCUT2D eigenvalue weighted by atomic mass is 10.1. The third-order valence-corrected chi connectivity index (χ3v) is 4.85. The van der Waals surface area contributed by atoms with Crippen LogP contribution in [0.25, 0.3) is 11.2 Å². The van der Waals surface area contributed by atoms with Crippen LogP contribution >= 0.6 is 7.82 Å². The minimum absolute atomic E-state index is 0. The van der Waals surface area contributed by atoms with E-state index >= 15 is 0 Å². The SMILES string of the molecule is N.N.N.N.O=C(O)C[C@@H](Nc1ncnc2c1ncn2[C@H]1O[C@@H](COP(=O)(O)O)[C@H](O)[C@@H]1O)C(=O)O. The molecule has 21 heteroatoms. The second-order valence-corrected chi connectivity index (χ2v) is 7.75. The van der Waals surface area contributed by atoms with Crippen molar-refractivity contribution >= 4 is 36.7 Å². The van der Waals surface area contributed by atoms with Crippen molar-refractivity contribution in [2.75, 3.05) is 11.9 Å². The van der Waals surface area contributed by atoms with Gasteiger partial charge in [0.2, 0.25) is 0 Å². The molecule has 1 aliphatic rings. The van der Waals surface area contributed by atoms with E-state index in [1.165, 1.54) is 4.57 Å². The number of rotatable bonds is 9. The van der Waals surface area contributed by atoms with E-state index in [9.17, 15) is 29.5 Å². The first-order valence-corrected chi connectivity index (χ1v) is 10.1. The molecule has 1 saturated heterocycles. The molecule has 2 aromatic heterocycles. The average molecular weight is 531 g/mol. The molecule has 0 amide bonds. The summed E-state index contributed by atoms with van der Waals surface area (Å²) in [6.07, 6.45) is -4.20. The van der Waals surface area contributed by atoms with Crippen molar-refractivity contribution in [1.82, 2.24) is 44.1 Å². The minimum Gasteiger partial charge on any atom is -0.481 e. The first kappa shape index (κ1) is 34.3. The van der Waals surface area contributed by atoms with Gasteiger partial charge in [-0.05, 0) is 0 Å². The zero-order chi connectivity index (χ0) is 22.9. The molecule has 0 aromatic carbocycles. The van der Waals surface area contributed by atoms with Crippen molar-refractivity contribution in [2.45, 2.75) is 37.0 Å². The van der Waals surface area contributed by atoms with Gasteiger partial charge in [-0.15, -0.1) is 0 Å². The molecule has 202 valence electrons. The Kier molecular flexibility index (Phi) is 13.0. The lowest BCUT2D eigenvalue weighted by Crippen LogP contribution is -2.33. The number of imidazole rings is 1. The highest BCUT2D eigenvalue weighted by molar-refractivity contribution is 7.46. The smallest absolute Gasteiger partial charge is 0.469 e. The topological polar surface area (TPSA) is 387 Å². The molecular formula is C14H30N9O11P. The Labute approximate surface area is 196 Å². The summed E-state index contributed by atoms with van der Waals surface area (Å²) in [6, 6.07) is -1.51. The summed E-state index contributed by atoms with van der Waals surface area (Å²) in [5.74, 6) is -2.87. The number of aliphatic carboxylic acids is 2. The maximum atomic E-state index is 11.3. The number of phosphoric ester groups is 1. The van der Waals surface area contributed by atoms with Crippen LogP contribution in [0.5, 0.6) is 0 Å². The van der Waals surface area contributed by atoms with Gasteiger partial charge in [-0.3, -0.25) is 13.9 Å². The van der Waals surface area contributed by atoms with Gasteiger partial charge in [0.25, 0.3) is 0 Å². The number of hydrogen-bond acceptors (Lipinski definition) is 15. The Bertz CT molecular complexity index is 1030. The lowest BCUT2D eigenvalue weighted by molar-refractivity contribution is -0.144. The summed E-state index contributed by atoms with van der Waals surface area (Å²) in [4.78, 5) is 51.6. The number of nitrogens with one attached hydrogen (secondary N) is 1. The zero-order valence-corrected chi connectivity index (χ0v) is 19.1. The molecule has 35 heavy (non-hydrogen) atoms. The van der Waals surface area contributed by atoms with Gasteiger partial charge < -0.3 is 64.9 Å². The summed E-state index contributed by atoms with van der Waals surface area (Å²) < 4.78 is 21.8. The predicted molar refractivity (Wildman–Crippen MR) is 117 cm³/mol. The summed E-state index contributed by atoms with van der Waals surface area (Å²) in [7, 11) is -4.83. The standard InChI is InChI=1S/C14H18N5O11P.4H3N/c20-7(21)1-5(14(24)25)18-11-8-12(16-3-15-11)19(4-17-8)13-10(23)9(22)6(30-13)2-29-31(26,27)28;;;;/h3-6,9-10,13,22-23H,1-2H2,(H,20,21)(H,24,25)(H,15,16,18)(H2,26,27,28);4*1H3/t5-,6+,9+,10+,13+;;;;/m1..../s1. The van der Waals surface area contributed by atoms with Crippen LogP contribution in [-0.4, -0.2) is 92.6 Å². The van der Waals surface area contributed by atoms with Crippen LogP contribution in [0, 0.1) is 0 Å². The van der Waals surface area contributed by atoms with Gasteiger partial charge in [0.1, 0.15) is 30.7 Å². The van der Waals surface area contributed by atoms with Crippen LogP contribution in [0.1, 0.15) is 12.6 Å². The number of fused-ring (bicyclic) bond motifs is 1. The third kappa shape index (κ3) is 7.81. The van der Waals surface area contributed by atoms with Crippen LogP contribution in [0.15, 0.2) is 12.7 Å². The van der Waals surface area contributed by atoms with Crippen molar-refractivity contribution < 1.29 is 53.6 Å². The minimum atomic E-state index is -4.83. The fraction of sp³-hybridized carbons (Fsp3) is 0.500. The first-order chi connectivity index (χ1) is 14.5. The maximum absolute atomic E-state index is 11.3. The molecule has 0 unspecified atom stereocenters. The number of aliphatic hydroxyl groups excluding tert-OH is 2. The van der Waals surface area contributed by atoms with Crippen LogP contribution in [-0.2, 0) is 23.4 Å². The molecule has 0 radical (unpaired) electrons. The fourth-order valence-corrected chi connectivity index (χ4v) is 3.29. The van der Waals surface area contributed by atoms with E-state index < -0.39 is 63.4 Å². The van der Waals surface area contributed by atoms with E-state index in [4.69, 9.17) is 19.6 Å². The Balaban J connectivity index is 0. The molecule has 0 spiro atoms.